The molecule has 0 saturated heterocycles. The Balaban J connectivity index is 2.17. The van der Waals surface area contributed by atoms with E-state index in [2.05, 4.69) is 10.0 Å². The molecule has 9 heteroatoms. The lowest BCUT2D eigenvalue weighted by atomic mass is 10.3. The van der Waals surface area contributed by atoms with Crippen LogP contribution in [0.2, 0.25) is 0 Å². The number of amides is 1. The lowest BCUT2D eigenvalue weighted by Crippen LogP contribution is -2.39. The number of carbonyl (C=O) groups excluding carboxylic acids is 1. The van der Waals surface area contributed by atoms with Gasteiger partial charge in [0.2, 0.25) is 5.91 Å². The van der Waals surface area contributed by atoms with Gasteiger partial charge in [-0.15, -0.1) is 0 Å². The van der Waals surface area contributed by atoms with E-state index >= 15 is 0 Å². The van der Waals surface area contributed by atoms with E-state index in [4.69, 9.17) is 5.11 Å². The third-order valence-electron chi connectivity index (χ3n) is 2.86. The Morgan fingerprint density at radius 1 is 1.30 bits per heavy atom. The fraction of sp³-hybridized carbons (Fsp3) is 0.818. The molecule has 0 unspecified atom stereocenters. The van der Waals surface area contributed by atoms with Crippen molar-refractivity contribution in [3.63, 3.8) is 0 Å². The smallest absolute Gasteiger partial charge is 0.304 e. The number of nitrogens with zero attached hydrogens (tertiary/aromatic N) is 1. The zero-order valence-corrected chi connectivity index (χ0v) is 12.3. The van der Waals surface area contributed by atoms with Gasteiger partial charge in [-0.1, -0.05) is 0 Å². The Labute approximate surface area is 118 Å². The van der Waals surface area contributed by atoms with Crippen LogP contribution < -0.4 is 10.0 Å². The normalized spacial score (nSPS) is 15.3. The fourth-order valence-electron chi connectivity index (χ4n) is 1.46. The van der Waals surface area contributed by atoms with Crippen LogP contribution in [0.15, 0.2) is 0 Å². The molecule has 0 bridgehead atoms. The quantitative estimate of drug-likeness (QED) is 0.461. The molecule has 0 aliphatic heterocycles. The highest BCUT2D eigenvalue weighted by Crippen LogP contribution is 2.18. The summed E-state index contributed by atoms with van der Waals surface area (Å²) in [5.41, 5.74) is 0. The van der Waals surface area contributed by atoms with Crippen LogP contribution in [0.3, 0.4) is 0 Å². The van der Waals surface area contributed by atoms with Crippen molar-refractivity contribution in [3.05, 3.63) is 0 Å². The summed E-state index contributed by atoms with van der Waals surface area (Å²) in [4.78, 5) is 21.7. The summed E-state index contributed by atoms with van der Waals surface area (Å²) in [7, 11) is -2.37. The average Bonchev–Trinajstić information content (AvgIpc) is 3.15. The minimum atomic E-state index is -3.68. The van der Waals surface area contributed by atoms with Crippen LogP contribution in [-0.2, 0) is 19.8 Å². The van der Waals surface area contributed by atoms with Crippen LogP contribution >= 0.6 is 0 Å². The average molecular weight is 307 g/mol. The molecule has 0 aromatic heterocycles. The zero-order valence-electron chi connectivity index (χ0n) is 11.5. The van der Waals surface area contributed by atoms with Crippen LogP contribution in [0.1, 0.15) is 32.1 Å². The molecule has 0 heterocycles. The zero-order chi connectivity index (χ0) is 15.2. The van der Waals surface area contributed by atoms with Crippen molar-refractivity contribution >= 4 is 22.1 Å². The Morgan fingerprint density at radius 2 is 1.95 bits per heavy atom. The number of aliphatic carboxylic acids is 1. The largest absolute Gasteiger partial charge is 0.481 e. The lowest BCUT2D eigenvalue weighted by molar-refractivity contribution is -0.137. The molecule has 0 aromatic rings. The summed E-state index contributed by atoms with van der Waals surface area (Å²) < 4.78 is 26.7. The number of rotatable bonds is 10. The summed E-state index contributed by atoms with van der Waals surface area (Å²) in [6.45, 7) is 0.0602. The summed E-state index contributed by atoms with van der Waals surface area (Å²) in [5, 5.41) is 11.3. The minimum absolute atomic E-state index is 0.0640. The van der Waals surface area contributed by atoms with Crippen molar-refractivity contribution in [2.24, 2.45) is 0 Å². The summed E-state index contributed by atoms with van der Waals surface area (Å²) in [6.07, 6.45) is 2.48. The third-order valence-corrected chi connectivity index (χ3v) is 4.43. The van der Waals surface area contributed by atoms with Crippen molar-refractivity contribution in [2.45, 2.75) is 38.1 Å². The van der Waals surface area contributed by atoms with Gasteiger partial charge < -0.3 is 10.4 Å². The number of hydrogen-bond donors (Lipinski definition) is 3. The Morgan fingerprint density at radius 3 is 2.50 bits per heavy atom. The predicted molar refractivity (Wildman–Crippen MR) is 72.2 cm³/mol. The lowest BCUT2D eigenvalue weighted by Gasteiger charge is -2.16. The van der Waals surface area contributed by atoms with Crippen molar-refractivity contribution < 1.29 is 23.1 Å². The van der Waals surface area contributed by atoms with E-state index in [1.807, 2.05) is 0 Å². The maximum atomic E-state index is 11.7. The molecule has 1 aliphatic rings. The fourth-order valence-corrected chi connectivity index (χ4v) is 2.42. The van der Waals surface area contributed by atoms with Crippen LogP contribution in [-0.4, -0.2) is 55.9 Å². The van der Waals surface area contributed by atoms with Gasteiger partial charge in [-0.05, 0) is 19.3 Å². The van der Waals surface area contributed by atoms with E-state index in [0.717, 1.165) is 17.1 Å². The molecule has 3 N–H and O–H groups in total. The van der Waals surface area contributed by atoms with Crippen molar-refractivity contribution in [1.29, 1.82) is 0 Å². The van der Waals surface area contributed by atoms with Gasteiger partial charge in [0.25, 0.3) is 10.2 Å². The molecule has 1 aliphatic carbocycles. The van der Waals surface area contributed by atoms with Gasteiger partial charge >= 0.3 is 5.97 Å². The predicted octanol–water partition coefficient (Wildman–Crippen LogP) is -0.714. The molecule has 1 amide bonds. The van der Waals surface area contributed by atoms with Gasteiger partial charge in [0.15, 0.2) is 0 Å². The second kappa shape index (κ2) is 7.55. The van der Waals surface area contributed by atoms with Gasteiger partial charge in [0.1, 0.15) is 0 Å². The maximum Gasteiger partial charge on any atom is 0.304 e. The first-order valence-corrected chi connectivity index (χ1v) is 7.97. The number of nitrogens with one attached hydrogen (secondary N) is 2. The van der Waals surface area contributed by atoms with Crippen molar-refractivity contribution in [1.82, 2.24) is 14.3 Å². The minimum Gasteiger partial charge on any atom is -0.481 e. The van der Waals surface area contributed by atoms with E-state index in [1.165, 1.54) is 7.05 Å². The van der Waals surface area contributed by atoms with Gasteiger partial charge in [-0.25, -0.2) is 4.72 Å². The van der Waals surface area contributed by atoms with Gasteiger partial charge in [-0.3, -0.25) is 9.59 Å². The second-order valence-electron chi connectivity index (χ2n) is 4.81. The molecular weight excluding hydrogens is 286 g/mol. The highest BCUT2D eigenvalue weighted by Gasteiger charge is 2.23. The molecule has 8 nitrogen and oxygen atoms in total. The number of carbonyl (C=O) groups is 2. The highest BCUT2D eigenvalue weighted by molar-refractivity contribution is 7.87. The molecule has 0 atom stereocenters. The Bertz CT molecular complexity index is 447. The van der Waals surface area contributed by atoms with E-state index in [9.17, 15) is 18.0 Å². The van der Waals surface area contributed by atoms with Gasteiger partial charge in [0.05, 0.1) is 6.42 Å². The first kappa shape index (κ1) is 16.9. The van der Waals surface area contributed by atoms with Gasteiger partial charge in [0, 0.05) is 32.6 Å². The number of carboxylic acid groups (broad SMARTS) is 1. The van der Waals surface area contributed by atoms with Crippen LogP contribution in [0.5, 0.6) is 0 Å². The van der Waals surface area contributed by atoms with E-state index in [0.29, 0.717) is 12.5 Å². The SMILES string of the molecule is CN(CCC(=O)O)S(=O)(=O)NCCCC(=O)NC1CC1. The third kappa shape index (κ3) is 6.83. The second-order valence-corrected chi connectivity index (χ2v) is 6.67. The van der Waals surface area contributed by atoms with Crippen LogP contribution in [0.4, 0.5) is 0 Å². The van der Waals surface area contributed by atoms with Crippen molar-refractivity contribution in [3.8, 4) is 0 Å². The highest BCUT2D eigenvalue weighted by atomic mass is 32.2. The van der Waals surface area contributed by atoms with E-state index in [1.54, 1.807) is 0 Å². The summed E-state index contributed by atoms with van der Waals surface area (Å²) in [6, 6.07) is 0.307. The standard InChI is InChI=1S/C11H21N3O5S/c1-14(8-6-11(16)17)20(18,19)12-7-2-3-10(15)13-9-4-5-9/h9,12H,2-8H2,1H3,(H,13,15)(H,16,17). The first-order chi connectivity index (χ1) is 9.31. The molecule has 116 valence electrons. The Kier molecular flexibility index (Phi) is 6.37. The topological polar surface area (TPSA) is 116 Å². The summed E-state index contributed by atoms with van der Waals surface area (Å²) >= 11 is 0. The number of hydrogen-bond acceptors (Lipinski definition) is 4. The molecule has 1 fully saturated rings. The molecule has 0 radical (unpaired) electrons. The Hall–Kier alpha value is -1.19. The van der Waals surface area contributed by atoms with E-state index < -0.39 is 16.2 Å². The van der Waals surface area contributed by atoms with Crippen LogP contribution in [0, 0.1) is 0 Å². The van der Waals surface area contributed by atoms with Crippen molar-refractivity contribution in [2.75, 3.05) is 20.1 Å². The monoisotopic (exact) mass is 307 g/mol. The molecule has 1 saturated carbocycles. The van der Waals surface area contributed by atoms with Gasteiger partial charge in [-0.2, -0.15) is 12.7 Å². The number of carboxylic acids is 1. The molecule has 0 aromatic carbocycles. The summed E-state index contributed by atoms with van der Waals surface area (Å²) in [5.74, 6) is -1.12. The molecule has 1 rings (SSSR count). The van der Waals surface area contributed by atoms with E-state index in [-0.39, 0.29) is 31.8 Å². The molecular formula is C11H21N3O5S. The maximum absolute atomic E-state index is 11.7. The first-order valence-electron chi connectivity index (χ1n) is 6.53. The molecule has 20 heavy (non-hydrogen) atoms. The molecule has 0 spiro atoms. The van der Waals surface area contributed by atoms with Crippen LogP contribution in [0.25, 0.3) is 0 Å².